The fourth-order valence-electron chi connectivity index (χ4n) is 3.29. The Bertz CT molecular complexity index is 617. The minimum absolute atomic E-state index is 0.0810. The second-order valence-corrected chi connectivity index (χ2v) is 6.48. The highest BCUT2D eigenvalue weighted by molar-refractivity contribution is 5.92. The van der Waals surface area contributed by atoms with Crippen molar-refractivity contribution in [1.82, 2.24) is 19.6 Å². The van der Waals surface area contributed by atoms with Crippen molar-refractivity contribution in [3.63, 3.8) is 0 Å². The lowest BCUT2D eigenvalue weighted by Crippen LogP contribution is -2.52. The molecule has 0 aliphatic carbocycles. The number of hydrogen-bond donors (Lipinski definition) is 0. The van der Waals surface area contributed by atoms with Crippen molar-refractivity contribution in [2.45, 2.75) is 38.8 Å². The van der Waals surface area contributed by atoms with Gasteiger partial charge >= 0.3 is 0 Å². The minimum atomic E-state index is -0.147. The van der Waals surface area contributed by atoms with Gasteiger partial charge in [0.25, 0.3) is 11.5 Å². The zero-order chi connectivity index (χ0) is 16.9. The summed E-state index contributed by atoms with van der Waals surface area (Å²) in [5, 5.41) is 4.26. The van der Waals surface area contributed by atoms with Crippen molar-refractivity contribution in [1.29, 1.82) is 0 Å². The maximum Gasteiger partial charge on any atom is 0.274 e. The van der Waals surface area contributed by atoms with E-state index in [2.05, 4.69) is 16.9 Å². The summed E-state index contributed by atoms with van der Waals surface area (Å²) in [7, 11) is 0. The van der Waals surface area contributed by atoms with Crippen LogP contribution < -0.4 is 5.56 Å². The van der Waals surface area contributed by atoms with Crippen LogP contribution in [0.1, 0.15) is 36.7 Å². The van der Waals surface area contributed by atoms with Crippen molar-refractivity contribution in [2.75, 3.05) is 39.4 Å². The smallest absolute Gasteiger partial charge is 0.274 e. The van der Waals surface area contributed by atoms with Gasteiger partial charge in [0.1, 0.15) is 5.69 Å². The maximum absolute atomic E-state index is 12.7. The third-order valence-corrected chi connectivity index (χ3v) is 4.83. The van der Waals surface area contributed by atoms with Crippen LogP contribution in [0.4, 0.5) is 0 Å². The Kier molecular flexibility index (Phi) is 5.63. The van der Waals surface area contributed by atoms with Crippen molar-refractivity contribution in [3.8, 4) is 0 Å². The van der Waals surface area contributed by atoms with Crippen LogP contribution in [0.5, 0.6) is 0 Å². The van der Waals surface area contributed by atoms with Crippen LogP contribution in [0.3, 0.4) is 0 Å². The third-order valence-electron chi connectivity index (χ3n) is 4.83. The first-order valence-electron chi connectivity index (χ1n) is 8.88. The van der Waals surface area contributed by atoms with Crippen LogP contribution in [0.25, 0.3) is 0 Å². The van der Waals surface area contributed by atoms with Gasteiger partial charge in [-0.15, -0.1) is 0 Å². The highest BCUT2D eigenvalue weighted by Crippen LogP contribution is 2.15. The van der Waals surface area contributed by atoms with E-state index in [1.54, 1.807) is 6.07 Å². The molecule has 0 bridgehead atoms. The number of carbonyl (C=O) groups is 1. The number of aromatic nitrogens is 2. The molecule has 2 aliphatic heterocycles. The molecule has 1 aromatic heterocycles. The van der Waals surface area contributed by atoms with Gasteiger partial charge in [0.15, 0.2) is 0 Å². The van der Waals surface area contributed by atoms with Crippen molar-refractivity contribution < 1.29 is 9.53 Å². The summed E-state index contributed by atoms with van der Waals surface area (Å²) in [6, 6.07) is 3.49. The van der Waals surface area contributed by atoms with Gasteiger partial charge in [-0.1, -0.05) is 13.3 Å². The fourth-order valence-corrected chi connectivity index (χ4v) is 3.29. The zero-order valence-corrected chi connectivity index (χ0v) is 14.3. The molecular weight excluding hydrogens is 308 g/mol. The van der Waals surface area contributed by atoms with Gasteiger partial charge in [-0.2, -0.15) is 5.10 Å². The summed E-state index contributed by atoms with van der Waals surface area (Å²) >= 11 is 0. The predicted octanol–water partition coefficient (Wildman–Crippen LogP) is 0.590. The van der Waals surface area contributed by atoms with Crippen LogP contribution >= 0.6 is 0 Å². The van der Waals surface area contributed by atoms with E-state index < -0.39 is 0 Å². The van der Waals surface area contributed by atoms with Crippen molar-refractivity contribution in [2.24, 2.45) is 0 Å². The molecule has 0 unspecified atom stereocenters. The van der Waals surface area contributed by atoms with E-state index in [4.69, 9.17) is 4.74 Å². The molecule has 0 radical (unpaired) electrons. The molecule has 0 N–H and O–H groups in total. The molecule has 1 atom stereocenters. The summed E-state index contributed by atoms with van der Waals surface area (Å²) < 4.78 is 6.85. The molecule has 2 saturated heterocycles. The quantitative estimate of drug-likeness (QED) is 0.788. The molecule has 7 nitrogen and oxygen atoms in total. The molecule has 0 aromatic carbocycles. The molecule has 2 aliphatic rings. The highest BCUT2D eigenvalue weighted by Gasteiger charge is 2.29. The molecule has 1 aromatic rings. The molecular formula is C17H26N4O3. The third kappa shape index (κ3) is 3.84. The number of hydrogen-bond acceptors (Lipinski definition) is 5. The molecule has 0 saturated carbocycles. The van der Waals surface area contributed by atoms with Gasteiger partial charge < -0.3 is 9.64 Å². The van der Waals surface area contributed by atoms with Crippen LogP contribution in [-0.4, -0.2) is 70.9 Å². The number of piperazine rings is 1. The summed E-state index contributed by atoms with van der Waals surface area (Å²) in [6.07, 6.45) is 2.95. The van der Waals surface area contributed by atoms with Crippen molar-refractivity contribution in [3.05, 3.63) is 28.2 Å². The van der Waals surface area contributed by atoms with E-state index in [1.165, 1.54) is 10.7 Å². The normalized spacial score (nSPS) is 22.0. The molecule has 7 heteroatoms. The van der Waals surface area contributed by atoms with Gasteiger partial charge in [0.2, 0.25) is 0 Å². The van der Waals surface area contributed by atoms with E-state index in [1.807, 2.05) is 4.90 Å². The number of aryl methyl sites for hydroxylation is 1. The molecule has 132 valence electrons. The van der Waals surface area contributed by atoms with Crippen LogP contribution in [0, 0.1) is 0 Å². The van der Waals surface area contributed by atoms with Gasteiger partial charge in [0.05, 0.1) is 6.61 Å². The Morgan fingerprint density at radius 1 is 1.29 bits per heavy atom. The maximum atomic E-state index is 12.7. The van der Waals surface area contributed by atoms with Gasteiger partial charge in [-0.05, 0) is 18.9 Å². The number of ether oxygens (including phenoxy) is 1. The SMILES string of the molecule is CCCCn1nc(C(=O)N2CCN([C@H]3CCOC3)CC2)ccc1=O. The first-order valence-corrected chi connectivity index (χ1v) is 8.88. The Morgan fingerprint density at radius 3 is 2.75 bits per heavy atom. The van der Waals surface area contributed by atoms with Crippen molar-refractivity contribution >= 4 is 5.91 Å². The number of amides is 1. The molecule has 3 heterocycles. The number of carbonyl (C=O) groups excluding carboxylic acids is 1. The van der Waals surface area contributed by atoms with E-state index in [-0.39, 0.29) is 11.5 Å². The lowest BCUT2D eigenvalue weighted by Gasteiger charge is -2.37. The average molecular weight is 334 g/mol. The van der Waals surface area contributed by atoms with E-state index in [9.17, 15) is 9.59 Å². The second kappa shape index (κ2) is 7.90. The van der Waals surface area contributed by atoms with Crippen LogP contribution in [0.2, 0.25) is 0 Å². The summed E-state index contributed by atoms with van der Waals surface area (Å²) in [5.41, 5.74) is 0.217. The minimum Gasteiger partial charge on any atom is -0.380 e. The van der Waals surface area contributed by atoms with E-state index >= 15 is 0 Å². The predicted molar refractivity (Wildman–Crippen MR) is 90.1 cm³/mol. The van der Waals surface area contributed by atoms with Crippen LogP contribution in [0.15, 0.2) is 16.9 Å². The topological polar surface area (TPSA) is 67.7 Å². The molecule has 1 amide bonds. The standard InChI is InChI=1S/C17H26N4O3/c1-2-3-7-21-16(22)5-4-15(18-21)17(23)20-10-8-19(9-11-20)14-6-12-24-13-14/h4-5,14H,2-3,6-13H2,1H3/t14-/m0/s1. The number of rotatable bonds is 5. The monoisotopic (exact) mass is 334 g/mol. The summed E-state index contributed by atoms with van der Waals surface area (Å²) in [5.74, 6) is -0.0810. The Labute approximate surface area is 142 Å². The summed E-state index contributed by atoms with van der Waals surface area (Å²) in [6.45, 7) is 7.41. The van der Waals surface area contributed by atoms with Gasteiger partial charge in [-0.3, -0.25) is 14.5 Å². The lowest BCUT2D eigenvalue weighted by molar-refractivity contribution is 0.0542. The first kappa shape index (κ1) is 17.1. The average Bonchev–Trinajstić information content (AvgIpc) is 3.15. The number of nitrogens with zero attached hydrogens (tertiary/aromatic N) is 4. The largest absolute Gasteiger partial charge is 0.380 e. The molecule has 2 fully saturated rings. The molecule has 24 heavy (non-hydrogen) atoms. The second-order valence-electron chi connectivity index (χ2n) is 6.48. The Morgan fingerprint density at radius 2 is 2.08 bits per heavy atom. The zero-order valence-electron chi connectivity index (χ0n) is 14.3. The molecule has 0 spiro atoms. The highest BCUT2D eigenvalue weighted by atomic mass is 16.5. The first-order chi connectivity index (χ1) is 11.7. The van der Waals surface area contributed by atoms with E-state index in [0.717, 1.165) is 45.6 Å². The van der Waals surface area contributed by atoms with Gasteiger partial charge in [0, 0.05) is 51.4 Å². The molecule has 3 rings (SSSR count). The van der Waals surface area contributed by atoms with E-state index in [0.29, 0.717) is 31.4 Å². The van der Waals surface area contributed by atoms with Gasteiger partial charge in [-0.25, -0.2) is 4.68 Å². The number of unbranched alkanes of at least 4 members (excludes halogenated alkanes) is 1. The Hall–Kier alpha value is -1.73. The lowest BCUT2D eigenvalue weighted by atomic mass is 10.2. The fraction of sp³-hybridized carbons (Fsp3) is 0.706. The van der Waals surface area contributed by atoms with Crippen LogP contribution in [-0.2, 0) is 11.3 Å². The summed E-state index contributed by atoms with van der Waals surface area (Å²) in [4.78, 5) is 28.7. The Balaban J connectivity index is 1.61.